The Morgan fingerprint density at radius 1 is 1.09 bits per heavy atom. The van der Waals surface area contributed by atoms with Crippen LogP contribution in [0.25, 0.3) is 12.2 Å². The average molecular weight is 480 g/mol. The topological polar surface area (TPSA) is 83.7 Å². The van der Waals surface area contributed by atoms with Crippen LogP contribution in [0.2, 0.25) is 0 Å². The zero-order chi connectivity index (χ0) is 23.6. The molecule has 2 aromatic rings. The number of hydrogen-bond donors (Lipinski definition) is 0. The van der Waals surface area contributed by atoms with Crippen molar-refractivity contribution >= 4 is 28.1 Å². The van der Waals surface area contributed by atoms with Gasteiger partial charge in [-0.25, -0.2) is 17.2 Å². The van der Waals surface area contributed by atoms with E-state index in [-0.39, 0.29) is 46.8 Å². The predicted octanol–water partition coefficient (Wildman–Crippen LogP) is 3.84. The molecule has 1 amide bonds. The highest BCUT2D eigenvalue weighted by Crippen LogP contribution is 2.30. The SMILES string of the molecule is Cc1noc(C=Cc2ccc(F)cc2F)c1S(=O)(=O)N1CCC(C(=O)N2CCCCC2)CC1. The molecule has 2 aliphatic rings. The molecular weight excluding hydrogens is 452 g/mol. The summed E-state index contributed by atoms with van der Waals surface area (Å²) < 4.78 is 60.3. The number of amides is 1. The molecule has 10 heteroatoms. The normalized spacial score (nSPS) is 18.8. The summed E-state index contributed by atoms with van der Waals surface area (Å²) in [5, 5.41) is 3.78. The van der Waals surface area contributed by atoms with Crippen molar-refractivity contribution in [3.8, 4) is 0 Å². The van der Waals surface area contributed by atoms with Gasteiger partial charge in [0.25, 0.3) is 0 Å². The van der Waals surface area contributed by atoms with Crippen LogP contribution in [0.5, 0.6) is 0 Å². The number of aromatic nitrogens is 1. The lowest BCUT2D eigenvalue weighted by Crippen LogP contribution is -2.45. The van der Waals surface area contributed by atoms with E-state index in [0.717, 1.165) is 44.5 Å². The van der Waals surface area contributed by atoms with Gasteiger partial charge in [-0.2, -0.15) is 4.31 Å². The second-order valence-electron chi connectivity index (χ2n) is 8.52. The fourth-order valence-electron chi connectivity index (χ4n) is 4.45. The van der Waals surface area contributed by atoms with Crippen LogP contribution in [0, 0.1) is 24.5 Å². The molecule has 2 aliphatic heterocycles. The van der Waals surface area contributed by atoms with Crippen LogP contribution in [0.1, 0.15) is 49.1 Å². The first kappa shape index (κ1) is 23.6. The summed E-state index contributed by atoms with van der Waals surface area (Å²) in [6, 6.07) is 3.11. The van der Waals surface area contributed by atoms with Gasteiger partial charge < -0.3 is 9.42 Å². The predicted molar refractivity (Wildman–Crippen MR) is 118 cm³/mol. The highest BCUT2D eigenvalue weighted by Gasteiger charge is 2.37. The molecule has 1 aromatic heterocycles. The number of benzene rings is 1. The minimum Gasteiger partial charge on any atom is -0.355 e. The summed E-state index contributed by atoms with van der Waals surface area (Å²) >= 11 is 0. The molecule has 0 bridgehead atoms. The van der Waals surface area contributed by atoms with Crippen LogP contribution in [0.3, 0.4) is 0 Å². The van der Waals surface area contributed by atoms with Gasteiger partial charge in [-0.1, -0.05) is 5.16 Å². The average Bonchev–Trinajstić information content (AvgIpc) is 3.19. The van der Waals surface area contributed by atoms with Crippen molar-refractivity contribution in [1.82, 2.24) is 14.4 Å². The highest BCUT2D eigenvalue weighted by atomic mass is 32.2. The maximum Gasteiger partial charge on any atom is 0.248 e. The van der Waals surface area contributed by atoms with Crippen molar-refractivity contribution in [2.75, 3.05) is 26.2 Å². The van der Waals surface area contributed by atoms with Gasteiger partial charge in [0.05, 0.1) is 0 Å². The van der Waals surface area contributed by atoms with Gasteiger partial charge in [-0.05, 0) is 63.3 Å². The summed E-state index contributed by atoms with van der Waals surface area (Å²) in [6.07, 6.45) is 6.74. The van der Waals surface area contributed by atoms with Crippen molar-refractivity contribution in [2.24, 2.45) is 5.92 Å². The number of nitrogens with zero attached hydrogens (tertiary/aromatic N) is 3. The Bertz CT molecular complexity index is 1150. The van der Waals surface area contributed by atoms with E-state index >= 15 is 0 Å². The van der Waals surface area contributed by atoms with Crippen LogP contribution < -0.4 is 0 Å². The number of carbonyl (C=O) groups is 1. The standard InChI is InChI=1S/C23H27F2N3O4S/c1-16-22(21(32-26-16)8-6-17-5-7-19(24)15-20(17)25)33(30,31)28-13-9-18(10-14-28)23(29)27-11-3-2-4-12-27/h5-8,15,18H,2-4,9-14H2,1H3. The zero-order valence-corrected chi connectivity index (χ0v) is 19.3. The van der Waals surface area contributed by atoms with Gasteiger partial charge >= 0.3 is 0 Å². The van der Waals surface area contributed by atoms with Gasteiger partial charge in [0.15, 0.2) is 10.7 Å². The quantitative estimate of drug-likeness (QED) is 0.651. The number of aryl methyl sites for hydroxylation is 1. The molecule has 1 aromatic carbocycles. The molecule has 0 saturated carbocycles. The first-order valence-electron chi connectivity index (χ1n) is 11.2. The van der Waals surface area contributed by atoms with Crippen LogP contribution in [-0.4, -0.2) is 54.9 Å². The van der Waals surface area contributed by atoms with Crippen LogP contribution in [0.4, 0.5) is 8.78 Å². The molecule has 0 unspecified atom stereocenters. The molecule has 0 spiro atoms. The van der Waals surface area contributed by atoms with Crippen molar-refractivity contribution in [3.05, 3.63) is 46.9 Å². The van der Waals surface area contributed by atoms with Crippen molar-refractivity contribution in [1.29, 1.82) is 0 Å². The number of rotatable bonds is 5. The fraction of sp³-hybridized carbons (Fsp3) is 0.478. The van der Waals surface area contributed by atoms with E-state index in [1.165, 1.54) is 29.4 Å². The van der Waals surface area contributed by atoms with Crippen LogP contribution in [0.15, 0.2) is 27.6 Å². The fourth-order valence-corrected chi connectivity index (χ4v) is 6.17. The minimum absolute atomic E-state index is 0.0252. The number of carbonyl (C=O) groups excluding carboxylic acids is 1. The summed E-state index contributed by atoms with van der Waals surface area (Å²) in [7, 11) is -3.93. The van der Waals surface area contributed by atoms with Crippen molar-refractivity contribution < 1.29 is 26.5 Å². The van der Waals surface area contributed by atoms with E-state index in [2.05, 4.69) is 5.16 Å². The van der Waals surface area contributed by atoms with Gasteiger partial charge in [0.2, 0.25) is 15.9 Å². The lowest BCUT2D eigenvalue weighted by Gasteiger charge is -2.35. The first-order valence-corrected chi connectivity index (χ1v) is 12.6. The number of likely N-dealkylation sites (tertiary alicyclic amines) is 1. The molecule has 0 aliphatic carbocycles. The van der Waals surface area contributed by atoms with Crippen LogP contribution in [-0.2, 0) is 14.8 Å². The van der Waals surface area contributed by atoms with Gasteiger partial charge in [0, 0.05) is 43.7 Å². The van der Waals surface area contributed by atoms with Gasteiger partial charge in [0.1, 0.15) is 17.3 Å². The Balaban J connectivity index is 1.48. The van der Waals surface area contributed by atoms with Crippen molar-refractivity contribution in [2.45, 2.75) is 43.9 Å². The third-order valence-electron chi connectivity index (χ3n) is 6.28. The highest BCUT2D eigenvalue weighted by molar-refractivity contribution is 7.89. The Morgan fingerprint density at radius 3 is 2.45 bits per heavy atom. The second-order valence-corrected chi connectivity index (χ2v) is 10.4. The monoisotopic (exact) mass is 479 g/mol. The second kappa shape index (κ2) is 9.72. The van der Waals surface area contributed by atoms with E-state index < -0.39 is 21.7 Å². The number of halogens is 2. The molecule has 33 heavy (non-hydrogen) atoms. The molecular formula is C23H27F2N3O4S. The molecule has 2 fully saturated rings. The Morgan fingerprint density at radius 2 is 1.79 bits per heavy atom. The Hall–Kier alpha value is -2.59. The number of sulfonamides is 1. The zero-order valence-electron chi connectivity index (χ0n) is 18.5. The maximum atomic E-state index is 13.9. The lowest BCUT2D eigenvalue weighted by molar-refractivity contribution is -0.137. The largest absolute Gasteiger partial charge is 0.355 e. The van der Waals surface area contributed by atoms with Crippen LogP contribution >= 0.6 is 0 Å². The Kier molecular flexibility index (Phi) is 6.94. The molecule has 0 atom stereocenters. The third kappa shape index (κ3) is 5.01. The summed E-state index contributed by atoms with van der Waals surface area (Å²) in [5.74, 6) is -1.54. The molecule has 2 saturated heterocycles. The van der Waals surface area contributed by atoms with E-state index in [0.29, 0.717) is 12.8 Å². The molecule has 4 rings (SSSR count). The summed E-state index contributed by atoms with van der Waals surface area (Å²) in [6.45, 7) is 3.54. The van der Waals surface area contributed by atoms with E-state index in [1.54, 1.807) is 0 Å². The smallest absolute Gasteiger partial charge is 0.248 e. The van der Waals surface area contributed by atoms with E-state index in [4.69, 9.17) is 4.52 Å². The molecule has 3 heterocycles. The van der Waals surface area contributed by atoms with Crippen molar-refractivity contribution in [3.63, 3.8) is 0 Å². The third-order valence-corrected chi connectivity index (χ3v) is 8.34. The summed E-state index contributed by atoms with van der Waals surface area (Å²) in [4.78, 5) is 14.6. The van der Waals surface area contributed by atoms with Gasteiger partial charge in [-0.15, -0.1) is 0 Å². The van der Waals surface area contributed by atoms with E-state index in [1.807, 2.05) is 4.90 Å². The molecule has 7 nitrogen and oxygen atoms in total. The van der Waals surface area contributed by atoms with Gasteiger partial charge in [-0.3, -0.25) is 4.79 Å². The number of piperidine rings is 2. The Labute approximate surface area is 192 Å². The number of hydrogen-bond acceptors (Lipinski definition) is 5. The molecule has 0 radical (unpaired) electrons. The van der Waals surface area contributed by atoms with E-state index in [9.17, 15) is 22.0 Å². The molecule has 0 N–H and O–H groups in total. The lowest BCUT2D eigenvalue weighted by atomic mass is 9.95. The molecule has 178 valence electrons. The maximum absolute atomic E-state index is 13.9. The minimum atomic E-state index is -3.93. The first-order chi connectivity index (χ1) is 15.8. The summed E-state index contributed by atoms with van der Waals surface area (Å²) in [5.41, 5.74) is 0.284.